The average Bonchev–Trinajstić information content (AvgIpc) is 3.36. The molecular formula is C18H17N3O6S. The van der Waals surface area contributed by atoms with Gasteiger partial charge in [0, 0.05) is 5.56 Å². The van der Waals surface area contributed by atoms with E-state index in [2.05, 4.69) is 10.5 Å². The van der Waals surface area contributed by atoms with E-state index in [4.69, 9.17) is 24.5 Å². The van der Waals surface area contributed by atoms with E-state index in [1.807, 2.05) is 5.38 Å². The molecule has 0 saturated heterocycles. The molecule has 0 aliphatic rings. The van der Waals surface area contributed by atoms with E-state index in [0.717, 1.165) is 0 Å². The highest BCUT2D eigenvalue weighted by Gasteiger charge is 2.25. The van der Waals surface area contributed by atoms with Gasteiger partial charge in [-0.2, -0.15) is 0 Å². The molecule has 2 aromatic heterocycles. The third-order valence-electron chi connectivity index (χ3n) is 3.85. The number of nitrogens with one attached hydrogen (secondary N) is 1. The van der Waals surface area contributed by atoms with E-state index in [1.165, 1.54) is 44.8 Å². The van der Waals surface area contributed by atoms with Crippen LogP contribution in [0.2, 0.25) is 0 Å². The Bertz CT molecular complexity index is 988. The van der Waals surface area contributed by atoms with Gasteiger partial charge in [-0.25, -0.2) is 0 Å². The van der Waals surface area contributed by atoms with Gasteiger partial charge in [-0.1, -0.05) is 11.2 Å². The van der Waals surface area contributed by atoms with Crippen LogP contribution in [0.25, 0.3) is 10.6 Å². The second-order valence-corrected chi connectivity index (χ2v) is 6.39. The zero-order chi connectivity index (χ0) is 20.3. The lowest BCUT2D eigenvalue weighted by Gasteiger charge is -2.13. The smallest absolute Gasteiger partial charge is 0.258 e. The molecule has 1 aromatic carbocycles. The summed E-state index contributed by atoms with van der Waals surface area (Å²) in [6.07, 6.45) is 0. The number of methoxy groups -OCH3 is 3. The van der Waals surface area contributed by atoms with E-state index in [-0.39, 0.29) is 22.7 Å². The SMILES string of the molecule is COc1cc(C(=O)Nc2onc(-c3cccs3)c2C(N)=O)cc(OC)c1OC. The molecule has 2 amide bonds. The minimum Gasteiger partial charge on any atom is -0.493 e. The maximum absolute atomic E-state index is 12.7. The highest BCUT2D eigenvalue weighted by Crippen LogP contribution is 2.38. The van der Waals surface area contributed by atoms with Crippen LogP contribution in [0.1, 0.15) is 20.7 Å². The molecular weight excluding hydrogens is 386 g/mol. The number of amides is 2. The van der Waals surface area contributed by atoms with Crippen LogP contribution in [0.4, 0.5) is 5.88 Å². The van der Waals surface area contributed by atoms with Gasteiger partial charge in [-0.15, -0.1) is 11.3 Å². The zero-order valence-corrected chi connectivity index (χ0v) is 16.1. The molecule has 3 rings (SSSR count). The number of carbonyl (C=O) groups is 2. The number of primary amides is 1. The molecule has 146 valence electrons. The number of aromatic nitrogens is 1. The Kier molecular flexibility index (Phi) is 5.50. The Balaban J connectivity index is 1.97. The van der Waals surface area contributed by atoms with E-state index in [0.29, 0.717) is 22.1 Å². The molecule has 28 heavy (non-hydrogen) atoms. The summed E-state index contributed by atoms with van der Waals surface area (Å²) < 4.78 is 20.9. The normalized spacial score (nSPS) is 10.4. The van der Waals surface area contributed by atoms with Crippen LogP contribution in [-0.4, -0.2) is 38.3 Å². The number of nitrogens with two attached hydrogens (primary N) is 1. The number of hydrogen-bond donors (Lipinski definition) is 2. The first-order valence-electron chi connectivity index (χ1n) is 7.94. The number of benzene rings is 1. The molecule has 0 atom stereocenters. The topological polar surface area (TPSA) is 126 Å². The molecule has 9 nitrogen and oxygen atoms in total. The molecule has 2 heterocycles. The van der Waals surface area contributed by atoms with E-state index < -0.39 is 11.8 Å². The molecule has 0 bridgehead atoms. The Hall–Kier alpha value is -3.53. The molecule has 10 heteroatoms. The monoisotopic (exact) mass is 403 g/mol. The molecule has 0 saturated carbocycles. The van der Waals surface area contributed by atoms with Crippen molar-refractivity contribution in [3.8, 4) is 27.8 Å². The number of thiophene rings is 1. The summed E-state index contributed by atoms with van der Waals surface area (Å²) in [6, 6.07) is 6.50. The van der Waals surface area contributed by atoms with E-state index in [1.54, 1.807) is 12.1 Å². The Morgan fingerprint density at radius 2 is 1.82 bits per heavy atom. The van der Waals surface area contributed by atoms with Gasteiger partial charge < -0.3 is 24.5 Å². The predicted molar refractivity (Wildman–Crippen MR) is 102 cm³/mol. The maximum atomic E-state index is 12.7. The minimum absolute atomic E-state index is 0.0109. The number of ether oxygens (including phenoxy) is 3. The van der Waals surface area contributed by atoms with Gasteiger partial charge in [0.15, 0.2) is 11.5 Å². The van der Waals surface area contributed by atoms with Gasteiger partial charge in [0.25, 0.3) is 11.8 Å². The van der Waals surface area contributed by atoms with Gasteiger partial charge in [-0.05, 0) is 23.6 Å². The summed E-state index contributed by atoms with van der Waals surface area (Å²) in [6.45, 7) is 0. The first-order chi connectivity index (χ1) is 13.5. The maximum Gasteiger partial charge on any atom is 0.258 e. The minimum atomic E-state index is -0.773. The van der Waals surface area contributed by atoms with Crippen LogP contribution in [0.5, 0.6) is 17.2 Å². The lowest BCUT2D eigenvalue weighted by Crippen LogP contribution is -2.17. The van der Waals surface area contributed by atoms with Crippen molar-refractivity contribution >= 4 is 29.0 Å². The highest BCUT2D eigenvalue weighted by atomic mass is 32.1. The van der Waals surface area contributed by atoms with Gasteiger partial charge in [-0.3, -0.25) is 14.9 Å². The summed E-state index contributed by atoms with van der Waals surface area (Å²) in [7, 11) is 4.34. The number of carbonyl (C=O) groups excluding carboxylic acids is 2. The van der Waals surface area contributed by atoms with Gasteiger partial charge in [0.05, 0.1) is 26.2 Å². The average molecular weight is 403 g/mol. The van der Waals surface area contributed by atoms with E-state index in [9.17, 15) is 9.59 Å². The van der Waals surface area contributed by atoms with Crippen molar-refractivity contribution in [1.82, 2.24) is 5.16 Å². The summed E-state index contributed by atoms with van der Waals surface area (Å²) in [5.41, 5.74) is 5.92. The fourth-order valence-corrected chi connectivity index (χ4v) is 3.28. The quantitative estimate of drug-likeness (QED) is 0.621. The van der Waals surface area contributed by atoms with Crippen LogP contribution in [0, 0.1) is 0 Å². The Labute approximate surface area is 164 Å². The summed E-state index contributed by atoms with van der Waals surface area (Å²) in [5.74, 6) is -0.535. The molecule has 0 aliphatic carbocycles. The van der Waals surface area contributed by atoms with Crippen LogP contribution in [-0.2, 0) is 0 Å². The highest BCUT2D eigenvalue weighted by molar-refractivity contribution is 7.13. The van der Waals surface area contributed by atoms with Crippen LogP contribution in [0.3, 0.4) is 0 Å². The molecule has 0 fully saturated rings. The summed E-state index contributed by atoms with van der Waals surface area (Å²) in [5, 5.41) is 8.21. The van der Waals surface area contributed by atoms with Crippen molar-refractivity contribution in [2.45, 2.75) is 0 Å². The van der Waals surface area contributed by atoms with E-state index >= 15 is 0 Å². The standard InChI is InChI=1S/C18H17N3O6S/c1-24-10-7-9(8-11(25-2)15(10)26-3)17(23)20-18-13(16(19)22)14(21-27-18)12-5-4-6-28-12/h4-8H,1-3H3,(H2,19,22)(H,20,23). The first-order valence-corrected chi connectivity index (χ1v) is 8.82. The van der Waals surface area contributed by atoms with Crippen LogP contribution in [0.15, 0.2) is 34.2 Å². The van der Waals surface area contributed by atoms with Crippen molar-refractivity contribution in [2.24, 2.45) is 5.73 Å². The number of hydrogen-bond acceptors (Lipinski definition) is 8. The molecule has 0 aliphatic heterocycles. The van der Waals surface area contributed by atoms with Gasteiger partial charge >= 0.3 is 0 Å². The largest absolute Gasteiger partial charge is 0.493 e. The summed E-state index contributed by atoms with van der Waals surface area (Å²) in [4.78, 5) is 25.3. The van der Waals surface area contributed by atoms with Gasteiger partial charge in [0.1, 0.15) is 11.3 Å². The number of anilines is 1. The lowest BCUT2D eigenvalue weighted by molar-refractivity contribution is 0.100. The number of rotatable bonds is 7. The predicted octanol–water partition coefficient (Wildman–Crippen LogP) is 2.78. The van der Waals surface area contributed by atoms with Crippen molar-refractivity contribution < 1.29 is 28.3 Å². The molecule has 0 unspecified atom stereocenters. The fraction of sp³-hybridized carbons (Fsp3) is 0.167. The second kappa shape index (κ2) is 8.01. The molecule has 3 N–H and O–H groups in total. The van der Waals surface area contributed by atoms with Crippen LogP contribution >= 0.6 is 11.3 Å². The second-order valence-electron chi connectivity index (χ2n) is 5.44. The van der Waals surface area contributed by atoms with Crippen LogP contribution < -0.4 is 25.3 Å². The molecule has 0 radical (unpaired) electrons. The summed E-state index contributed by atoms with van der Waals surface area (Å²) >= 11 is 1.36. The zero-order valence-electron chi connectivity index (χ0n) is 15.3. The Morgan fingerprint density at radius 3 is 2.32 bits per heavy atom. The Morgan fingerprint density at radius 1 is 1.14 bits per heavy atom. The first kappa shape index (κ1) is 19.2. The van der Waals surface area contributed by atoms with Crippen molar-refractivity contribution in [2.75, 3.05) is 26.6 Å². The van der Waals surface area contributed by atoms with Crippen molar-refractivity contribution in [3.05, 3.63) is 40.8 Å². The third kappa shape index (κ3) is 3.49. The van der Waals surface area contributed by atoms with Crippen molar-refractivity contribution in [3.63, 3.8) is 0 Å². The fourth-order valence-electron chi connectivity index (χ4n) is 2.57. The third-order valence-corrected chi connectivity index (χ3v) is 4.72. The molecule has 0 spiro atoms. The number of nitrogens with zero attached hydrogens (tertiary/aromatic N) is 1. The van der Waals surface area contributed by atoms with Gasteiger partial charge in [0.2, 0.25) is 11.6 Å². The van der Waals surface area contributed by atoms with Crippen molar-refractivity contribution in [1.29, 1.82) is 0 Å². The lowest BCUT2D eigenvalue weighted by atomic mass is 10.1. The molecule has 3 aromatic rings.